The first-order valence-electron chi connectivity index (χ1n) is 10.3. The van der Waals surface area contributed by atoms with Crippen molar-refractivity contribution in [1.29, 1.82) is 0 Å². The number of phenols is 1. The van der Waals surface area contributed by atoms with Crippen molar-refractivity contribution in [3.63, 3.8) is 0 Å². The number of aliphatic imine (C=N–C) groups is 2. The van der Waals surface area contributed by atoms with Gasteiger partial charge in [-0.3, -0.25) is 9.98 Å². The molecule has 2 heterocycles. The molecule has 1 aliphatic heterocycles. The number of benzene rings is 1. The number of aromatic hydroxyl groups is 1. The fraction of sp³-hybridized carbons (Fsp3) is 0.409. The fourth-order valence-electron chi connectivity index (χ4n) is 3.45. The number of phenolic OH excluding ortho intramolecular Hbond substituents is 1. The van der Waals surface area contributed by atoms with Crippen molar-refractivity contribution in [1.82, 2.24) is 9.62 Å². The zero-order valence-electron chi connectivity index (χ0n) is 19.8. The van der Waals surface area contributed by atoms with Crippen LogP contribution in [0.2, 0.25) is 0 Å². The molecular weight excluding hydrogens is 444 g/mol. The van der Waals surface area contributed by atoms with E-state index >= 15 is 0 Å². The molecule has 1 aromatic heterocycles. The molecule has 0 saturated carbocycles. The second kappa shape index (κ2) is 8.89. The Bertz CT molecular complexity index is 1240. The lowest BCUT2D eigenvalue weighted by Gasteiger charge is -2.26. The Balaban J connectivity index is 2.04. The Morgan fingerprint density at radius 2 is 1.94 bits per heavy atom. The first-order valence-corrected chi connectivity index (χ1v) is 11.8. The Morgan fingerprint density at radius 1 is 1.24 bits per heavy atom. The number of para-hydroxylation sites is 1. The van der Waals surface area contributed by atoms with Crippen molar-refractivity contribution in [3.8, 4) is 5.75 Å². The van der Waals surface area contributed by atoms with Gasteiger partial charge in [0.15, 0.2) is 11.7 Å². The molecule has 1 atom stereocenters. The van der Waals surface area contributed by atoms with Crippen LogP contribution in [-0.2, 0) is 10.2 Å². The van der Waals surface area contributed by atoms with Crippen LogP contribution < -0.4 is 10.0 Å². The van der Waals surface area contributed by atoms with Gasteiger partial charge in [0.2, 0.25) is 0 Å². The summed E-state index contributed by atoms with van der Waals surface area (Å²) in [6, 6.07) is 8.24. The topological polar surface area (TPSA) is 132 Å². The second-order valence-corrected chi connectivity index (χ2v) is 10.3. The molecule has 0 saturated heterocycles. The molecule has 0 fully saturated rings. The smallest absolute Gasteiger partial charge is 0.345 e. The molecule has 10 nitrogen and oxygen atoms in total. The molecule has 0 amide bonds. The van der Waals surface area contributed by atoms with E-state index in [9.17, 15) is 13.5 Å². The van der Waals surface area contributed by atoms with E-state index in [-0.39, 0.29) is 28.5 Å². The monoisotopic (exact) mass is 474 g/mol. The van der Waals surface area contributed by atoms with E-state index in [0.717, 1.165) is 5.76 Å². The number of nitrogens with one attached hydrogen (secondary N) is 2. The summed E-state index contributed by atoms with van der Waals surface area (Å²) in [6.45, 7) is 7.78. The van der Waals surface area contributed by atoms with Gasteiger partial charge in [0.1, 0.15) is 29.1 Å². The quantitative estimate of drug-likeness (QED) is 0.354. The Morgan fingerprint density at radius 3 is 2.48 bits per heavy atom. The summed E-state index contributed by atoms with van der Waals surface area (Å²) < 4.78 is 36.5. The second-order valence-electron chi connectivity index (χ2n) is 8.98. The summed E-state index contributed by atoms with van der Waals surface area (Å²) in [5.74, 6) is 1.81. The van der Waals surface area contributed by atoms with Gasteiger partial charge < -0.3 is 19.7 Å². The number of rotatable bonds is 4. The predicted octanol–water partition coefficient (Wildman–Crippen LogP) is 3.08. The summed E-state index contributed by atoms with van der Waals surface area (Å²) in [5.41, 5.74) is 0.373. The van der Waals surface area contributed by atoms with Gasteiger partial charge in [0.05, 0.1) is 11.3 Å². The maximum absolute atomic E-state index is 12.3. The molecule has 3 rings (SSSR count). The molecule has 0 bridgehead atoms. The lowest BCUT2D eigenvalue weighted by atomic mass is 9.85. The minimum atomic E-state index is -3.99. The highest BCUT2D eigenvalue weighted by Crippen LogP contribution is 2.37. The number of hydrogen-bond acceptors (Lipinski definition) is 7. The van der Waals surface area contributed by atoms with E-state index < -0.39 is 16.3 Å². The van der Waals surface area contributed by atoms with Crippen LogP contribution in [0.5, 0.6) is 5.75 Å². The molecule has 1 aromatic carbocycles. The van der Waals surface area contributed by atoms with Crippen molar-refractivity contribution in [3.05, 3.63) is 47.4 Å². The SMILES string of the molecule is CN=C(c1cccc(NC2=NS(=O)(=O)NC2=N[C@@H](c2ccc(C)o2)C(C)(C)C)c1O)N(C)C. The summed E-state index contributed by atoms with van der Waals surface area (Å²) in [6.07, 6.45) is 0. The van der Waals surface area contributed by atoms with Gasteiger partial charge in [-0.25, -0.2) is 4.72 Å². The molecule has 0 aliphatic carbocycles. The van der Waals surface area contributed by atoms with Crippen molar-refractivity contribution in [2.75, 3.05) is 26.5 Å². The minimum Gasteiger partial charge on any atom is -0.505 e. The summed E-state index contributed by atoms with van der Waals surface area (Å²) in [7, 11) is 1.26. The van der Waals surface area contributed by atoms with Crippen molar-refractivity contribution < 1.29 is 17.9 Å². The third-order valence-electron chi connectivity index (χ3n) is 4.94. The van der Waals surface area contributed by atoms with E-state index in [1.54, 1.807) is 30.1 Å². The van der Waals surface area contributed by atoms with Gasteiger partial charge in [-0.2, -0.15) is 8.42 Å². The third-order valence-corrected chi connectivity index (χ3v) is 5.81. The number of amidine groups is 3. The number of hydrogen-bond donors (Lipinski definition) is 3. The van der Waals surface area contributed by atoms with Crippen molar-refractivity contribution in [2.45, 2.75) is 33.7 Å². The normalized spacial score (nSPS) is 18.1. The minimum absolute atomic E-state index is 0.0279. The van der Waals surface area contributed by atoms with E-state index in [2.05, 4.69) is 24.4 Å². The van der Waals surface area contributed by atoms with Gasteiger partial charge in [-0.15, -0.1) is 4.40 Å². The highest BCUT2D eigenvalue weighted by atomic mass is 32.2. The van der Waals surface area contributed by atoms with E-state index in [0.29, 0.717) is 17.2 Å². The molecule has 178 valence electrons. The fourth-order valence-corrected chi connectivity index (χ4v) is 4.27. The maximum atomic E-state index is 12.3. The third kappa shape index (κ3) is 5.36. The molecular formula is C22H30N6O4S. The van der Waals surface area contributed by atoms with Gasteiger partial charge >= 0.3 is 10.2 Å². The Labute approximate surface area is 194 Å². The summed E-state index contributed by atoms with van der Waals surface area (Å²) in [5, 5.41) is 13.8. The number of aryl methyl sites for hydroxylation is 1. The molecule has 1 aliphatic rings. The first-order chi connectivity index (χ1) is 15.3. The summed E-state index contributed by atoms with van der Waals surface area (Å²) in [4.78, 5) is 10.6. The van der Waals surface area contributed by atoms with Gasteiger partial charge in [-0.1, -0.05) is 26.8 Å². The molecule has 0 spiro atoms. The van der Waals surface area contributed by atoms with Crippen LogP contribution in [0.25, 0.3) is 0 Å². The molecule has 0 unspecified atom stereocenters. The van der Waals surface area contributed by atoms with Gasteiger partial charge in [0.25, 0.3) is 0 Å². The van der Waals surface area contributed by atoms with Crippen LogP contribution in [0.1, 0.15) is 43.9 Å². The lowest BCUT2D eigenvalue weighted by Crippen LogP contribution is -2.32. The average Bonchev–Trinajstić information content (AvgIpc) is 3.24. The van der Waals surface area contributed by atoms with Crippen LogP contribution in [-0.4, -0.2) is 57.1 Å². The van der Waals surface area contributed by atoms with Gasteiger partial charge in [-0.05, 0) is 36.6 Å². The average molecular weight is 475 g/mol. The Hall–Kier alpha value is -3.34. The Kier molecular flexibility index (Phi) is 6.55. The lowest BCUT2D eigenvalue weighted by molar-refractivity contribution is 0.284. The van der Waals surface area contributed by atoms with E-state index in [4.69, 9.17) is 4.42 Å². The highest BCUT2D eigenvalue weighted by Gasteiger charge is 2.34. The standard InChI is InChI=1S/C22H30N6O4S/c1-13-11-12-16(32-13)18(22(2,3)4)25-20-19(26-33(30,31)27-20)24-15-10-8-9-14(17(15)29)21(23-5)28(6)7/h8-12,18,29H,1-7H3,(H,24,26)(H,25,27)/t18-/m0/s1. The van der Waals surface area contributed by atoms with Crippen LogP contribution in [0, 0.1) is 12.3 Å². The van der Waals surface area contributed by atoms with Crippen LogP contribution in [0.4, 0.5) is 5.69 Å². The van der Waals surface area contributed by atoms with Crippen LogP contribution in [0.15, 0.2) is 49.1 Å². The number of furan rings is 1. The molecule has 3 N–H and O–H groups in total. The zero-order chi connectivity index (χ0) is 24.6. The first kappa shape index (κ1) is 24.3. The van der Waals surface area contributed by atoms with E-state index in [1.165, 1.54) is 0 Å². The van der Waals surface area contributed by atoms with Crippen LogP contribution >= 0.6 is 0 Å². The number of anilines is 1. The highest BCUT2D eigenvalue weighted by molar-refractivity contribution is 7.89. The number of nitrogens with zero attached hydrogens (tertiary/aromatic N) is 4. The zero-order valence-corrected chi connectivity index (χ0v) is 20.6. The van der Waals surface area contributed by atoms with E-state index in [1.807, 2.05) is 53.9 Å². The summed E-state index contributed by atoms with van der Waals surface area (Å²) >= 11 is 0. The maximum Gasteiger partial charge on any atom is 0.345 e. The largest absolute Gasteiger partial charge is 0.505 e. The molecule has 11 heteroatoms. The van der Waals surface area contributed by atoms with Crippen molar-refractivity contribution in [2.24, 2.45) is 19.8 Å². The molecule has 33 heavy (non-hydrogen) atoms. The van der Waals surface area contributed by atoms with Crippen molar-refractivity contribution >= 4 is 33.4 Å². The van der Waals surface area contributed by atoms with Gasteiger partial charge in [0, 0.05) is 21.1 Å². The van der Waals surface area contributed by atoms with Crippen LogP contribution in [0.3, 0.4) is 0 Å². The predicted molar refractivity (Wildman–Crippen MR) is 130 cm³/mol. The molecule has 0 radical (unpaired) electrons. The molecule has 2 aromatic rings.